The summed E-state index contributed by atoms with van der Waals surface area (Å²) in [4.78, 5) is 24.1. The van der Waals surface area contributed by atoms with Gasteiger partial charge in [-0.3, -0.25) is 9.59 Å². The van der Waals surface area contributed by atoms with Gasteiger partial charge in [0.1, 0.15) is 18.8 Å². The third kappa shape index (κ3) is 7.25. The van der Waals surface area contributed by atoms with Crippen molar-refractivity contribution in [3.8, 4) is 5.75 Å². The van der Waals surface area contributed by atoms with Gasteiger partial charge in [0.15, 0.2) is 0 Å². The van der Waals surface area contributed by atoms with E-state index in [9.17, 15) is 9.59 Å². The molecular weight excluding hydrogens is 426 g/mol. The van der Waals surface area contributed by atoms with Gasteiger partial charge < -0.3 is 10.1 Å². The van der Waals surface area contributed by atoms with Crippen LogP contribution < -0.4 is 15.5 Å². The van der Waals surface area contributed by atoms with Crippen LogP contribution in [0.1, 0.15) is 30.0 Å². The van der Waals surface area contributed by atoms with Crippen LogP contribution in [0.4, 0.5) is 5.69 Å². The molecule has 0 aromatic heterocycles. The average Bonchev–Trinajstić information content (AvgIpc) is 2.80. The summed E-state index contributed by atoms with van der Waals surface area (Å²) >= 11 is 5.88. The highest BCUT2D eigenvalue weighted by Crippen LogP contribution is 2.16. The van der Waals surface area contributed by atoms with E-state index in [1.807, 2.05) is 79.7 Å². The molecule has 164 valence electrons. The fraction of sp³-hybridized carbons (Fsp3) is 0.160. The minimum absolute atomic E-state index is 0.313. The largest absolute Gasteiger partial charge is 0.489 e. The quantitative estimate of drug-likeness (QED) is 0.275. The summed E-state index contributed by atoms with van der Waals surface area (Å²) < 4.78 is 5.74. The highest BCUT2D eigenvalue weighted by atomic mass is 35.5. The molecule has 32 heavy (non-hydrogen) atoms. The van der Waals surface area contributed by atoms with Crippen molar-refractivity contribution in [2.75, 3.05) is 5.32 Å². The SMILES string of the molecule is CCc1ccccc1NC(=O)CC(=O)NN=Cc1ccc(OCc2ccc(Cl)cc2)cc1. The van der Waals surface area contributed by atoms with Crippen LogP contribution in [0.25, 0.3) is 0 Å². The number of halogens is 1. The highest BCUT2D eigenvalue weighted by molar-refractivity contribution is 6.30. The van der Waals surface area contributed by atoms with Gasteiger partial charge >= 0.3 is 0 Å². The fourth-order valence-corrected chi connectivity index (χ4v) is 3.03. The molecule has 3 rings (SSSR count). The molecule has 0 saturated carbocycles. The van der Waals surface area contributed by atoms with Crippen molar-refractivity contribution >= 4 is 35.3 Å². The van der Waals surface area contributed by atoms with Crippen molar-refractivity contribution in [3.63, 3.8) is 0 Å². The van der Waals surface area contributed by atoms with Crippen LogP contribution in [-0.2, 0) is 22.6 Å². The highest BCUT2D eigenvalue weighted by Gasteiger charge is 2.10. The van der Waals surface area contributed by atoms with E-state index in [1.54, 1.807) is 0 Å². The van der Waals surface area contributed by atoms with Crippen LogP contribution in [0.2, 0.25) is 5.02 Å². The number of ether oxygens (including phenoxy) is 1. The van der Waals surface area contributed by atoms with Gasteiger partial charge in [0, 0.05) is 10.7 Å². The maximum absolute atomic E-state index is 12.1. The lowest BCUT2D eigenvalue weighted by molar-refractivity contribution is -0.126. The van der Waals surface area contributed by atoms with Gasteiger partial charge in [-0.25, -0.2) is 5.43 Å². The molecule has 2 N–H and O–H groups in total. The average molecular weight is 450 g/mol. The number of nitrogens with zero attached hydrogens (tertiary/aromatic N) is 1. The number of hydrazone groups is 1. The second-order valence-electron chi connectivity index (χ2n) is 7.01. The first-order valence-corrected chi connectivity index (χ1v) is 10.6. The first-order chi connectivity index (χ1) is 15.5. The smallest absolute Gasteiger partial charge is 0.249 e. The lowest BCUT2D eigenvalue weighted by Gasteiger charge is -2.09. The normalized spacial score (nSPS) is 10.7. The number of carbonyl (C=O) groups excluding carboxylic acids is 2. The minimum atomic E-state index is -0.490. The molecule has 0 unspecified atom stereocenters. The Balaban J connectivity index is 1.43. The van der Waals surface area contributed by atoms with Crippen molar-refractivity contribution in [1.29, 1.82) is 0 Å². The number of hydrogen-bond acceptors (Lipinski definition) is 4. The van der Waals surface area contributed by atoms with Crippen LogP contribution in [0.3, 0.4) is 0 Å². The number of rotatable bonds is 9. The number of anilines is 1. The molecule has 0 heterocycles. The van der Waals surface area contributed by atoms with Gasteiger partial charge in [-0.05, 0) is 65.6 Å². The van der Waals surface area contributed by atoms with Gasteiger partial charge in [-0.2, -0.15) is 5.10 Å². The molecule has 3 aromatic rings. The molecule has 7 heteroatoms. The molecule has 6 nitrogen and oxygen atoms in total. The summed E-state index contributed by atoms with van der Waals surface area (Å²) in [5, 5.41) is 7.36. The number of hydrogen-bond donors (Lipinski definition) is 2. The maximum Gasteiger partial charge on any atom is 0.249 e. The molecule has 0 spiro atoms. The van der Waals surface area contributed by atoms with E-state index >= 15 is 0 Å². The zero-order valence-corrected chi connectivity index (χ0v) is 18.4. The van der Waals surface area contributed by atoms with E-state index in [-0.39, 0.29) is 12.3 Å². The number of amides is 2. The number of carbonyl (C=O) groups is 2. The molecule has 0 atom stereocenters. The summed E-state index contributed by atoms with van der Waals surface area (Å²) in [6.07, 6.45) is 1.98. The molecule has 0 fully saturated rings. The van der Waals surface area contributed by atoms with E-state index < -0.39 is 5.91 Å². The predicted molar refractivity (Wildman–Crippen MR) is 127 cm³/mol. The van der Waals surface area contributed by atoms with Gasteiger partial charge in [0.2, 0.25) is 11.8 Å². The Morgan fingerprint density at radius 3 is 2.41 bits per heavy atom. The molecule has 2 amide bonds. The Morgan fingerprint density at radius 2 is 1.69 bits per heavy atom. The number of para-hydroxylation sites is 1. The number of aryl methyl sites for hydroxylation is 1. The lowest BCUT2D eigenvalue weighted by atomic mass is 10.1. The number of benzene rings is 3. The molecule has 0 aliphatic heterocycles. The van der Waals surface area contributed by atoms with Gasteiger partial charge in [0.05, 0.1) is 6.21 Å². The Morgan fingerprint density at radius 1 is 0.969 bits per heavy atom. The molecule has 0 bridgehead atoms. The first-order valence-electron chi connectivity index (χ1n) is 10.2. The lowest BCUT2D eigenvalue weighted by Crippen LogP contribution is -2.25. The monoisotopic (exact) mass is 449 g/mol. The van der Waals surface area contributed by atoms with Crippen molar-refractivity contribution in [2.45, 2.75) is 26.4 Å². The maximum atomic E-state index is 12.1. The summed E-state index contributed by atoms with van der Waals surface area (Å²) in [6.45, 7) is 2.44. The van der Waals surface area contributed by atoms with Crippen LogP contribution in [0.15, 0.2) is 77.9 Å². The Hall–Kier alpha value is -3.64. The van der Waals surface area contributed by atoms with E-state index in [0.29, 0.717) is 17.4 Å². The second-order valence-corrected chi connectivity index (χ2v) is 7.45. The summed E-state index contributed by atoms with van der Waals surface area (Å²) in [5.74, 6) is -0.165. The van der Waals surface area contributed by atoms with Crippen LogP contribution in [0, 0.1) is 0 Å². The first kappa shape index (κ1) is 23.0. The van der Waals surface area contributed by atoms with Gasteiger partial charge in [-0.1, -0.05) is 48.9 Å². The third-order valence-electron chi connectivity index (χ3n) is 4.60. The van der Waals surface area contributed by atoms with Crippen molar-refractivity contribution in [2.24, 2.45) is 5.10 Å². The van der Waals surface area contributed by atoms with E-state index in [1.165, 1.54) is 6.21 Å². The number of nitrogens with one attached hydrogen (secondary N) is 2. The van der Waals surface area contributed by atoms with Crippen molar-refractivity contribution in [1.82, 2.24) is 5.43 Å². The van der Waals surface area contributed by atoms with E-state index in [2.05, 4.69) is 15.8 Å². The Bertz CT molecular complexity index is 1080. The minimum Gasteiger partial charge on any atom is -0.489 e. The predicted octanol–water partition coefficient (Wildman–Crippen LogP) is 4.96. The Labute approximate surface area is 192 Å². The van der Waals surface area contributed by atoms with E-state index in [4.69, 9.17) is 16.3 Å². The second kappa shape index (κ2) is 11.7. The molecule has 0 saturated heterocycles. The van der Waals surface area contributed by atoms with E-state index in [0.717, 1.165) is 28.8 Å². The van der Waals surface area contributed by atoms with Crippen LogP contribution in [0.5, 0.6) is 5.75 Å². The van der Waals surface area contributed by atoms with Gasteiger partial charge in [-0.15, -0.1) is 0 Å². The van der Waals surface area contributed by atoms with Crippen LogP contribution >= 0.6 is 11.6 Å². The standard InChI is InChI=1S/C25H24ClN3O3/c1-2-20-5-3-4-6-23(20)28-24(30)15-25(31)29-27-16-18-9-13-22(14-10-18)32-17-19-7-11-21(26)12-8-19/h3-14,16H,2,15,17H2,1H3,(H,28,30)(H,29,31). The fourth-order valence-electron chi connectivity index (χ4n) is 2.91. The van der Waals surface area contributed by atoms with Crippen molar-refractivity contribution < 1.29 is 14.3 Å². The molecule has 0 aliphatic rings. The van der Waals surface area contributed by atoms with Crippen molar-refractivity contribution in [3.05, 3.63) is 94.5 Å². The molecule has 0 aliphatic carbocycles. The Kier molecular flexibility index (Phi) is 8.40. The molecule has 3 aromatic carbocycles. The summed E-state index contributed by atoms with van der Waals surface area (Å²) in [5.41, 5.74) is 5.90. The third-order valence-corrected chi connectivity index (χ3v) is 4.85. The summed E-state index contributed by atoms with van der Waals surface area (Å²) in [6, 6.07) is 22.2. The van der Waals surface area contributed by atoms with Crippen LogP contribution in [-0.4, -0.2) is 18.0 Å². The topological polar surface area (TPSA) is 79.8 Å². The molecule has 0 radical (unpaired) electrons. The zero-order chi connectivity index (χ0) is 22.8. The van der Waals surface area contributed by atoms with Gasteiger partial charge in [0.25, 0.3) is 0 Å². The summed E-state index contributed by atoms with van der Waals surface area (Å²) in [7, 11) is 0. The molecular formula is C25H24ClN3O3. The zero-order valence-electron chi connectivity index (χ0n) is 17.7.